The van der Waals surface area contributed by atoms with Crippen LogP contribution in [0.2, 0.25) is 0 Å². The standard InChI is InChI=1S/C16H11F14NO4S/c1-3-34-9(32)5-7(11(17,18)13(21,22)15(25,26)27)31-8(6(36-5)10(33)35-4-2)12(19,20)14(23,24)16(28,29)30/h5H,3-4H2,1-2H3. The third-order valence-corrected chi connectivity index (χ3v) is 5.26. The van der Waals surface area contributed by atoms with E-state index in [2.05, 4.69) is 9.47 Å². The molecule has 208 valence electrons. The van der Waals surface area contributed by atoms with E-state index in [9.17, 15) is 71.1 Å². The van der Waals surface area contributed by atoms with Crippen LogP contribution in [-0.2, 0) is 19.1 Å². The van der Waals surface area contributed by atoms with E-state index in [-0.39, 0.29) is 0 Å². The summed E-state index contributed by atoms with van der Waals surface area (Å²) in [4.78, 5) is 23.7. The third kappa shape index (κ3) is 5.22. The van der Waals surface area contributed by atoms with E-state index in [0.717, 1.165) is 13.8 Å². The van der Waals surface area contributed by atoms with Crippen molar-refractivity contribution in [2.24, 2.45) is 4.99 Å². The summed E-state index contributed by atoms with van der Waals surface area (Å²) >= 11 is -1.11. The lowest BCUT2D eigenvalue weighted by Crippen LogP contribution is -2.60. The molecular formula is C16H11F14NO4S. The number of allylic oxidation sites excluding steroid dienone is 1. The van der Waals surface area contributed by atoms with Gasteiger partial charge in [-0.25, -0.2) is 9.79 Å². The maximum absolute atomic E-state index is 14.4. The highest BCUT2D eigenvalue weighted by atomic mass is 32.2. The number of hydrogen-bond donors (Lipinski definition) is 0. The third-order valence-electron chi connectivity index (χ3n) is 4.01. The summed E-state index contributed by atoms with van der Waals surface area (Å²) in [6.07, 6.45) is -14.4. The summed E-state index contributed by atoms with van der Waals surface area (Å²) in [6, 6.07) is 0. The second-order valence-electron chi connectivity index (χ2n) is 6.44. The summed E-state index contributed by atoms with van der Waals surface area (Å²) in [5, 5.41) is -3.31. The van der Waals surface area contributed by atoms with Crippen LogP contribution >= 0.6 is 11.8 Å². The highest BCUT2D eigenvalue weighted by molar-refractivity contribution is 8.06. The van der Waals surface area contributed by atoms with Gasteiger partial charge in [-0.05, 0) is 13.8 Å². The molecule has 0 saturated heterocycles. The van der Waals surface area contributed by atoms with Crippen molar-refractivity contribution in [3.05, 3.63) is 10.6 Å². The number of thioether (sulfide) groups is 1. The second kappa shape index (κ2) is 9.88. The predicted molar refractivity (Wildman–Crippen MR) is 91.0 cm³/mol. The van der Waals surface area contributed by atoms with Crippen LogP contribution in [0.3, 0.4) is 0 Å². The second-order valence-corrected chi connectivity index (χ2v) is 7.55. The summed E-state index contributed by atoms with van der Waals surface area (Å²) in [5.41, 5.74) is -6.52. The molecule has 0 aromatic carbocycles. The molecule has 5 nitrogen and oxygen atoms in total. The lowest BCUT2D eigenvalue weighted by Gasteiger charge is -2.36. The molecule has 20 heteroatoms. The first-order valence-corrected chi connectivity index (χ1v) is 9.80. The first-order valence-electron chi connectivity index (χ1n) is 8.92. The van der Waals surface area contributed by atoms with Crippen molar-refractivity contribution in [1.29, 1.82) is 0 Å². The first-order chi connectivity index (χ1) is 15.9. The minimum atomic E-state index is -7.24. The fraction of sp³-hybridized carbons (Fsp3) is 0.688. The molecule has 0 fully saturated rings. The van der Waals surface area contributed by atoms with E-state index in [4.69, 9.17) is 0 Å². The Morgan fingerprint density at radius 2 is 1.17 bits per heavy atom. The quantitative estimate of drug-likeness (QED) is 0.279. The van der Waals surface area contributed by atoms with Gasteiger partial charge in [0, 0.05) is 0 Å². The molecular weight excluding hydrogens is 568 g/mol. The van der Waals surface area contributed by atoms with Crippen LogP contribution in [0.4, 0.5) is 61.5 Å². The van der Waals surface area contributed by atoms with Crippen LogP contribution in [-0.4, -0.2) is 72.2 Å². The minimum Gasteiger partial charge on any atom is -0.465 e. The zero-order chi connectivity index (χ0) is 28.7. The average Bonchev–Trinajstić information content (AvgIpc) is 2.71. The van der Waals surface area contributed by atoms with E-state index < -0.39 is 94.5 Å². The zero-order valence-corrected chi connectivity index (χ0v) is 18.1. The predicted octanol–water partition coefficient (Wildman–Crippen LogP) is 5.55. The van der Waals surface area contributed by atoms with Crippen molar-refractivity contribution in [1.82, 2.24) is 0 Å². The largest absolute Gasteiger partial charge is 0.465 e. The van der Waals surface area contributed by atoms with Crippen LogP contribution in [0.15, 0.2) is 15.6 Å². The Hall–Kier alpha value is -2.28. The van der Waals surface area contributed by atoms with E-state index in [0.29, 0.717) is 0 Å². The fourth-order valence-corrected chi connectivity index (χ4v) is 3.44. The highest BCUT2D eigenvalue weighted by Crippen LogP contribution is 2.55. The van der Waals surface area contributed by atoms with Crippen LogP contribution in [0.5, 0.6) is 0 Å². The number of esters is 2. The molecule has 0 aliphatic carbocycles. The van der Waals surface area contributed by atoms with Gasteiger partial charge in [-0.3, -0.25) is 4.79 Å². The number of ether oxygens (including phenoxy) is 2. The number of carbonyl (C=O) groups is 2. The summed E-state index contributed by atoms with van der Waals surface area (Å²) in [7, 11) is 0. The fourth-order valence-electron chi connectivity index (χ4n) is 2.29. The molecule has 1 heterocycles. The van der Waals surface area contributed by atoms with Gasteiger partial charge >= 0.3 is 48.0 Å². The monoisotopic (exact) mass is 579 g/mol. The smallest absolute Gasteiger partial charge is 0.460 e. The summed E-state index contributed by atoms with van der Waals surface area (Å²) in [6.45, 7) is 0.248. The van der Waals surface area contributed by atoms with Gasteiger partial charge in [-0.15, -0.1) is 0 Å². The van der Waals surface area contributed by atoms with Crippen LogP contribution in [0, 0.1) is 0 Å². The molecule has 0 N–H and O–H groups in total. The molecule has 0 amide bonds. The average molecular weight is 579 g/mol. The first kappa shape index (κ1) is 31.7. The Balaban J connectivity index is 4.14. The van der Waals surface area contributed by atoms with Crippen LogP contribution in [0.1, 0.15) is 13.8 Å². The summed E-state index contributed by atoms with van der Waals surface area (Å²) < 4.78 is 196. The number of rotatable bonds is 8. The molecule has 1 unspecified atom stereocenters. The molecule has 0 bridgehead atoms. The molecule has 1 aliphatic rings. The van der Waals surface area contributed by atoms with E-state index in [1.165, 1.54) is 0 Å². The Bertz CT molecular complexity index is 938. The SMILES string of the molecule is CCOC(=O)C1=C(C(F)(F)C(F)(F)C(F)(F)F)N=C(C(F)(F)C(F)(F)C(F)(F)F)C(C(=O)OCC)S1. The van der Waals surface area contributed by atoms with Gasteiger partial charge in [0.15, 0.2) is 5.25 Å². The molecule has 0 radical (unpaired) electrons. The lowest BCUT2D eigenvalue weighted by molar-refractivity contribution is -0.344. The van der Waals surface area contributed by atoms with Gasteiger partial charge in [0.05, 0.1) is 13.2 Å². The lowest BCUT2D eigenvalue weighted by atomic mass is 10.0. The van der Waals surface area contributed by atoms with Gasteiger partial charge in [0.1, 0.15) is 16.3 Å². The Labute approximate surface area is 194 Å². The molecule has 0 aromatic heterocycles. The molecule has 36 heavy (non-hydrogen) atoms. The van der Waals surface area contributed by atoms with Crippen LogP contribution in [0.25, 0.3) is 0 Å². The number of alkyl halides is 14. The molecule has 1 atom stereocenters. The zero-order valence-electron chi connectivity index (χ0n) is 17.3. The number of hydrogen-bond acceptors (Lipinski definition) is 6. The van der Waals surface area contributed by atoms with E-state index in [1.807, 2.05) is 4.99 Å². The van der Waals surface area contributed by atoms with Crippen molar-refractivity contribution < 1.29 is 80.5 Å². The Morgan fingerprint density at radius 1 is 0.750 bits per heavy atom. The van der Waals surface area contributed by atoms with Crippen molar-refractivity contribution >= 4 is 29.4 Å². The van der Waals surface area contributed by atoms with E-state index in [1.54, 1.807) is 0 Å². The molecule has 0 aromatic rings. The number of aliphatic imine (C=N–C) groups is 1. The molecule has 0 saturated carbocycles. The summed E-state index contributed by atoms with van der Waals surface area (Å²) in [5.74, 6) is -32.6. The van der Waals surface area contributed by atoms with Gasteiger partial charge < -0.3 is 9.47 Å². The van der Waals surface area contributed by atoms with Crippen molar-refractivity contribution in [3.63, 3.8) is 0 Å². The van der Waals surface area contributed by atoms with Crippen molar-refractivity contribution in [2.45, 2.75) is 55.1 Å². The van der Waals surface area contributed by atoms with Gasteiger partial charge in [0.2, 0.25) is 0 Å². The van der Waals surface area contributed by atoms with E-state index >= 15 is 0 Å². The molecule has 1 rings (SSSR count). The molecule has 0 spiro atoms. The normalized spacial score (nSPS) is 18.7. The van der Waals surface area contributed by atoms with Gasteiger partial charge in [-0.1, -0.05) is 11.8 Å². The van der Waals surface area contributed by atoms with Crippen LogP contribution < -0.4 is 0 Å². The van der Waals surface area contributed by atoms with Crippen molar-refractivity contribution in [2.75, 3.05) is 13.2 Å². The van der Waals surface area contributed by atoms with Gasteiger partial charge in [0.25, 0.3) is 0 Å². The Morgan fingerprint density at radius 3 is 1.56 bits per heavy atom. The minimum absolute atomic E-state index is 0.808. The topological polar surface area (TPSA) is 65.0 Å². The van der Waals surface area contributed by atoms with Crippen molar-refractivity contribution in [3.8, 4) is 0 Å². The van der Waals surface area contributed by atoms with Gasteiger partial charge in [-0.2, -0.15) is 61.5 Å². The number of halogens is 14. The number of carbonyl (C=O) groups excluding carboxylic acids is 2. The number of nitrogens with zero attached hydrogens (tertiary/aromatic N) is 1. The molecule has 1 aliphatic heterocycles. The maximum Gasteiger partial charge on any atom is 0.460 e. The highest BCUT2D eigenvalue weighted by Gasteiger charge is 2.78. The maximum atomic E-state index is 14.4. The Kier molecular flexibility index (Phi) is 8.71.